The Bertz CT molecular complexity index is 4000. The third kappa shape index (κ3) is 7.25. The molecule has 1 aliphatic carbocycles. The van der Waals surface area contributed by atoms with Crippen LogP contribution in [0.15, 0.2) is 206 Å². The SMILES string of the molecule is [2H]c1c([2H])c([2H])c(-c2cccc(-c3c([2H])c([2H])c([2H])c([2H])c3[2H])c2-[n+]2[c-]n(-c3cccc(Oc4ccc5c6ccccc6n(-c6ncc7cc6CCCc6cccc(c6)CCC7)c5c4)c3)c3ccccc32)c([2H])c1[2H]. The summed E-state index contributed by atoms with van der Waals surface area (Å²) in [6.45, 7) is 0. The van der Waals surface area contributed by atoms with Crippen molar-refractivity contribution in [2.75, 3.05) is 0 Å². The van der Waals surface area contributed by atoms with Crippen LogP contribution in [0, 0.1) is 6.33 Å². The maximum absolute atomic E-state index is 9.04. The fourth-order valence-electron chi connectivity index (χ4n) is 9.43. The summed E-state index contributed by atoms with van der Waals surface area (Å²) < 4.78 is 99.7. The van der Waals surface area contributed by atoms with Crippen LogP contribution in [0.1, 0.15) is 48.8 Å². The van der Waals surface area contributed by atoms with Gasteiger partial charge in [0.15, 0.2) is 0 Å². The van der Waals surface area contributed by atoms with Gasteiger partial charge in [-0.3, -0.25) is 13.7 Å². The van der Waals surface area contributed by atoms with E-state index in [-0.39, 0.29) is 27.9 Å². The molecule has 12 rings (SSSR count). The van der Waals surface area contributed by atoms with Crippen LogP contribution < -0.4 is 9.30 Å². The van der Waals surface area contributed by atoms with Gasteiger partial charge in [0.2, 0.25) is 0 Å². The summed E-state index contributed by atoms with van der Waals surface area (Å²) in [6.07, 6.45) is 11.4. The molecule has 0 aliphatic heterocycles. The van der Waals surface area contributed by atoms with Gasteiger partial charge in [0.1, 0.15) is 17.3 Å². The van der Waals surface area contributed by atoms with Crippen LogP contribution in [0.25, 0.3) is 72.3 Å². The summed E-state index contributed by atoms with van der Waals surface area (Å²) in [4.78, 5) is 5.22. The smallest absolute Gasteiger partial charge is 0.269 e. The molecule has 0 N–H and O–H groups in total. The van der Waals surface area contributed by atoms with Crippen LogP contribution >= 0.6 is 0 Å². The zero-order chi connectivity index (χ0) is 51.8. The van der Waals surface area contributed by atoms with Gasteiger partial charge in [-0.2, -0.15) is 0 Å². The van der Waals surface area contributed by atoms with E-state index in [1.54, 1.807) is 22.8 Å². The Balaban J connectivity index is 0.978. The highest BCUT2D eigenvalue weighted by Crippen LogP contribution is 2.38. The molecule has 5 heteroatoms. The lowest BCUT2D eigenvalue weighted by Gasteiger charge is -2.17. The third-order valence-electron chi connectivity index (χ3n) is 12.4. The zero-order valence-corrected chi connectivity index (χ0v) is 35.3. The molecular formula is C60H46N4O. The van der Waals surface area contributed by atoms with Gasteiger partial charge in [0, 0.05) is 23.0 Å². The molecule has 0 amide bonds. The molecule has 0 radical (unpaired) electrons. The van der Waals surface area contributed by atoms with Crippen LogP contribution in [-0.2, 0) is 25.7 Å². The van der Waals surface area contributed by atoms with Crippen molar-refractivity contribution in [1.82, 2.24) is 14.1 Å². The van der Waals surface area contributed by atoms with Crippen molar-refractivity contribution in [2.24, 2.45) is 0 Å². The van der Waals surface area contributed by atoms with Gasteiger partial charge in [0.25, 0.3) is 6.33 Å². The van der Waals surface area contributed by atoms with E-state index in [1.807, 2.05) is 65.4 Å². The van der Waals surface area contributed by atoms with Gasteiger partial charge >= 0.3 is 0 Å². The van der Waals surface area contributed by atoms with E-state index >= 15 is 0 Å². The molecule has 65 heavy (non-hydrogen) atoms. The number of aryl methyl sites for hydroxylation is 4. The summed E-state index contributed by atoms with van der Waals surface area (Å²) >= 11 is 0. The topological polar surface area (TPSA) is 35.9 Å². The predicted octanol–water partition coefficient (Wildman–Crippen LogP) is 14.0. The standard InChI is InChI=1S/C60H46N4O/c1-3-21-45(22-4-1)51-29-15-30-52(46-23-5-2-6-24-46)59(51)63-41-62(56-32-9-10-33-57(56)63)48-26-14-27-49(38-48)65-50-34-35-54-53-28-7-8-31-55(53)64(58(54)39-50)60-47-25-13-19-43-17-11-16-42(36-43)18-12-20-44(37-47)40-61-60/h1-11,14-17,21-24,26-40H,12-13,18-20,25H2/i1D,2D,3D,4D,5D,6D,21D,22D,23D,24D. The minimum Gasteiger partial charge on any atom is -0.458 e. The molecular weight excluding hydrogens is 793 g/mol. The van der Waals surface area contributed by atoms with E-state index < -0.39 is 60.4 Å². The van der Waals surface area contributed by atoms with Gasteiger partial charge in [-0.1, -0.05) is 157 Å². The molecule has 4 bridgehead atoms. The highest BCUT2D eigenvalue weighted by atomic mass is 16.5. The van der Waals surface area contributed by atoms with Gasteiger partial charge < -0.3 is 4.74 Å². The molecule has 0 fully saturated rings. The number of hydrogen-bond acceptors (Lipinski definition) is 2. The first-order chi connectivity index (χ1) is 36.4. The molecule has 8 aromatic carbocycles. The van der Waals surface area contributed by atoms with E-state index in [4.69, 9.17) is 23.4 Å². The molecule has 0 spiro atoms. The monoisotopic (exact) mass is 848 g/mol. The number of imidazole rings is 1. The average molecular weight is 849 g/mol. The van der Waals surface area contributed by atoms with E-state index in [1.165, 1.54) is 22.3 Å². The lowest BCUT2D eigenvalue weighted by Crippen LogP contribution is -2.31. The predicted molar refractivity (Wildman–Crippen MR) is 264 cm³/mol. The van der Waals surface area contributed by atoms with Gasteiger partial charge in [0.05, 0.1) is 47.1 Å². The van der Waals surface area contributed by atoms with Gasteiger partial charge in [-0.25, -0.2) is 4.98 Å². The Morgan fingerprint density at radius 1 is 0.538 bits per heavy atom. The first kappa shape index (κ1) is 29.4. The number of aromatic nitrogens is 4. The molecule has 312 valence electrons. The van der Waals surface area contributed by atoms with Crippen LogP contribution in [0.4, 0.5) is 0 Å². The molecule has 0 unspecified atom stereocenters. The Morgan fingerprint density at radius 3 is 1.97 bits per heavy atom. The number of fused-ring (bicyclic) bond motifs is 8. The number of benzene rings is 8. The fraction of sp³-hybridized carbons (Fsp3) is 0.100. The number of pyridine rings is 1. The quantitative estimate of drug-likeness (QED) is 0.118. The van der Waals surface area contributed by atoms with Crippen LogP contribution in [0.5, 0.6) is 11.5 Å². The van der Waals surface area contributed by atoms with Crippen molar-refractivity contribution in [1.29, 1.82) is 0 Å². The number of nitrogens with zero attached hydrogens (tertiary/aromatic N) is 4. The lowest BCUT2D eigenvalue weighted by molar-refractivity contribution is -0.571. The molecule has 0 saturated carbocycles. The fourth-order valence-corrected chi connectivity index (χ4v) is 9.43. The molecule has 1 aliphatic rings. The summed E-state index contributed by atoms with van der Waals surface area (Å²) in [7, 11) is 0. The van der Waals surface area contributed by atoms with E-state index in [0.29, 0.717) is 28.2 Å². The first-order valence-electron chi connectivity index (χ1n) is 27.0. The van der Waals surface area contributed by atoms with Crippen molar-refractivity contribution in [3.63, 3.8) is 0 Å². The van der Waals surface area contributed by atoms with Crippen molar-refractivity contribution in [3.8, 4) is 50.9 Å². The largest absolute Gasteiger partial charge is 0.458 e. The number of hydrogen-bond donors (Lipinski definition) is 0. The summed E-state index contributed by atoms with van der Waals surface area (Å²) in [5.74, 6) is 2.04. The second-order valence-electron chi connectivity index (χ2n) is 16.4. The van der Waals surface area contributed by atoms with Crippen molar-refractivity contribution in [2.45, 2.75) is 38.5 Å². The maximum atomic E-state index is 9.04. The van der Waals surface area contributed by atoms with Crippen molar-refractivity contribution < 1.29 is 23.0 Å². The van der Waals surface area contributed by atoms with Crippen LogP contribution in [-0.4, -0.2) is 14.1 Å². The number of rotatable bonds is 7. The van der Waals surface area contributed by atoms with E-state index in [9.17, 15) is 0 Å². The molecule has 3 aromatic heterocycles. The molecule has 11 aromatic rings. The Labute approximate surface area is 393 Å². The second-order valence-corrected chi connectivity index (χ2v) is 16.4. The Morgan fingerprint density at radius 2 is 1.18 bits per heavy atom. The Hall–Kier alpha value is -8.02. The maximum Gasteiger partial charge on any atom is 0.269 e. The zero-order valence-electron chi connectivity index (χ0n) is 45.3. The van der Waals surface area contributed by atoms with Crippen LogP contribution in [0.3, 0.4) is 0 Å². The normalized spacial score (nSPS) is 15.0. The summed E-state index contributed by atoms with van der Waals surface area (Å²) in [5.41, 5.74) is 9.33. The van der Waals surface area contributed by atoms with Crippen LogP contribution in [0.2, 0.25) is 0 Å². The molecule has 0 atom stereocenters. The molecule has 3 heterocycles. The second kappa shape index (κ2) is 16.6. The Kier molecular flexibility index (Phi) is 7.50. The van der Waals surface area contributed by atoms with Crippen molar-refractivity contribution >= 4 is 32.8 Å². The minimum atomic E-state index is -0.563. The number of para-hydroxylation sites is 4. The molecule has 0 saturated heterocycles. The highest BCUT2D eigenvalue weighted by Gasteiger charge is 2.21. The highest BCUT2D eigenvalue weighted by molar-refractivity contribution is 6.09. The summed E-state index contributed by atoms with van der Waals surface area (Å²) in [6, 6.07) is 40.5. The first-order valence-corrected chi connectivity index (χ1v) is 22.0. The lowest BCUT2D eigenvalue weighted by atomic mass is 9.95. The average Bonchev–Trinajstić information content (AvgIpc) is 4.01. The summed E-state index contributed by atoms with van der Waals surface area (Å²) in [5, 5.41) is 2.18. The molecule has 5 nitrogen and oxygen atoms in total. The van der Waals surface area contributed by atoms with E-state index in [0.717, 1.165) is 66.1 Å². The third-order valence-corrected chi connectivity index (χ3v) is 12.4. The minimum absolute atomic E-state index is 0.125. The number of ether oxygens (including phenoxy) is 1. The van der Waals surface area contributed by atoms with Gasteiger partial charge in [-0.15, -0.1) is 0 Å². The van der Waals surface area contributed by atoms with Crippen molar-refractivity contribution in [3.05, 3.63) is 235 Å². The van der Waals surface area contributed by atoms with Gasteiger partial charge in [-0.05, 0) is 119 Å². The van der Waals surface area contributed by atoms with E-state index in [2.05, 4.69) is 77.6 Å².